The number of nitrogens with one attached hydrogen (secondary N) is 1. The van der Waals surface area contributed by atoms with Crippen LogP contribution in [-0.4, -0.2) is 54.5 Å². The number of rotatable bonds is 7. The first-order valence-corrected chi connectivity index (χ1v) is 11.0. The molecule has 2 fully saturated rings. The highest BCUT2D eigenvalue weighted by molar-refractivity contribution is 8.00. The third kappa shape index (κ3) is 4.82. The summed E-state index contributed by atoms with van der Waals surface area (Å²) in [5.74, 6) is 2.57. The lowest BCUT2D eigenvalue weighted by atomic mass is 10.1. The van der Waals surface area contributed by atoms with Crippen LogP contribution in [0.25, 0.3) is 11.4 Å². The van der Waals surface area contributed by atoms with E-state index < -0.39 is 0 Å². The number of hydrogen-bond acceptors (Lipinski definition) is 7. The maximum atomic E-state index is 11.1. The normalized spacial score (nSPS) is 17.8. The molecule has 2 aliphatic rings. The lowest BCUT2D eigenvalue weighted by Crippen LogP contribution is -2.37. The minimum absolute atomic E-state index is 0.0118. The molecule has 3 N–H and O–H groups in total. The zero-order chi connectivity index (χ0) is 20.3. The van der Waals surface area contributed by atoms with Crippen molar-refractivity contribution in [1.29, 1.82) is 0 Å². The molecular formula is C21H27N5O2S. The van der Waals surface area contributed by atoms with Crippen molar-refractivity contribution in [1.82, 2.24) is 15.3 Å². The van der Waals surface area contributed by atoms with Crippen LogP contribution in [0, 0.1) is 0 Å². The molecule has 1 amide bonds. The summed E-state index contributed by atoms with van der Waals surface area (Å²) >= 11 is 1.88. The standard InChI is InChI=1S/C21H27N5O2S/c1-15(27)23-8-13-29-21(6-7-21)18-14-19(26-9-11-28-12-10-26)25-20(24-18)16-2-4-17(22)5-3-16/h2-5,14H,6-13,22H2,1H3,(H,23,27). The molecule has 8 heteroatoms. The van der Waals surface area contributed by atoms with Crippen LogP contribution in [-0.2, 0) is 14.3 Å². The molecule has 1 aromatic heterocycles. The Balaban J connectivity index is 1.62. The second-order valence-electron chi connectivity index (χ2n) is 7.48. The topological polar surface area (TPSA) is 93.4 Å². The largest absolute Gasteiger partial charge is 0.399 e. The van der Waals surface area contributed by atoms with E-state index in [1.54, 1.807) is 6.92 Å². The average molecular weight is 414 g/mol. The van der Waals surface area contributed by atoms with Crippen molar-refractivity contribution in [3.8, 4) is 11.4 Å². The molecule has 4 rings (SSSR count). The Bertz CT molecular complexity index is 864. The Morgan fingerprint density at radius 2 is 1.97 bits per heavy atom. The molecule has 7 nitrogen and oxygen atoms in total. The van der Waals surface area contributed by atoms with Crippen molar-refractivity contribution in [3.63, 3.8) is 0 Å². The molecule has 29 heavy (non-hydrogen) atoms. The van der Waals surface area contributed by atoms with E-state index in [1.165, 1.54) is 0 Å². The van der Waals surface area contributed by atoms with Gasteiger partial charge in [-0.15, -0.1) is 11.8 Å². The molecule has 154 valence electrons. The number of benzene rings is 1. The van der Waals surface area contributed by atoms with E-state index in [-0.39, 0.29) is 10.7 Å². The zero-order valence-electron chi connectivity index (χ0n) is 16.7. The summed E-state index contributed by atoms with van der Waals surface area (Å²) in [4.78, 5) is 23.2. The van der Waals surface area contributed by atoms with Crippen LogP contribution < -0.4 is 16.0 Å². The molecule has 0 unspecified atom stereocenters. The van der Waals surface area contributed by atoms with Crippen LogP contribution in [0.2, 0.25) is 0 Å². The van der Waals surface area contributed by atoms with Gasteiger partial charge in [0.1, 0.15) is 5.82 Å². The van der Waals surface area contributed by atoms with E-state index in [2.05, 4.69) is 16.3 Å². The number of aromatic nitrogens is 2. The lowest BCUT2D eigenvalue weighted by Gasteiger charge is -2.29. The summed E-state index contributed by atoms with van der Waals surface area (Å²) < 4.78 is 5.53. The number of carbonyl (C=O) groups is 1. The van der Waals surface area contributed by atoms with E-state index >= 15 is 0 Å². The van der Waals surface area contributed by atoms with Crippen LogP contribution in [0.5, 0.6) is 0 Å². The summed E-state index contributed by atoms with van der Waals surface area (Å²) in [5, 5.41) is 2.88. The van der Waals surface area contributed by atoms with Gasteiger partial charge in [-0.1, -0.05) is 0 Å². The van der Waals surface area contributed by atoms with E-state index in [0.717, 1.165) is 60.3 Å². The van der Waals surface area contributed by atoms with Crippen molar-refractivity contribution < 1.29 is 9.53 Å². The van der Waals surface area contributed by atoms with Crippen LogP contribution >= 0.6 is 11.8 Å². The maximum absolute atomic E-state index is 11.1. The van der Waals surface area contributed by atoms with Gasteiger partial charge in [0.25, 0.3) is 0 Å². The highest BCUT2D eigenvalue weighted by atomic mass is 32.2. The molecule has 1 aliphatic heterocycles. The van der Waals surface area contributed by atoms with E-state index in [1.807, 2.05) is 36.0 Å². The SMILES string of the molecule is CC(=O)NCCSC1(c2cc(N3CCOCC3)nc(-c3ccc(N)cc3)n2)CC1. The number of nitrogens with zero attached hydrogens (tertiary/aromatic N) is 3. The van der Waals surface area contributed by atoms with E-state index in [9.17, 15) is 4.79 Å². The Hall–Kier alpha value is -2.32. The van der Waals surface area contributed by atoms with Gasteiger partial charge in [-0.05, 0) is 37.1 Å². The van der Waals surface area contributed by atoms with Crippen molar-refractivity contribution in [2.75, 3.05) is 49.2 Å². The molecule has 1 saturated carbocycles. The fraction of sp³-hybridized carbons (Fsp3) is 0.476. The predicted molar refractivity (Wildman–Crippen MR) is 117 cm³/mol. The zero-order valence-corrected chi connectivity index (χ0v) is 17.5. The number of hydrogen-bond donors (Lipinski definition) is 2. The minimum Gasteiger partial charge on any atom is -0.399 e. The number of nitrogens with two attached hydrogens (primary N) is 1. The third-order valence-corrected chi connectivity index (χ3v) is 6.82. The van der Waals surface area contributed by atoms with E-state index in [0.29, 0.717) is 19.8 Å². The van der Waals surface area contributed by atoms with Crippen molar-refractivity contribution >= 4 is 29.2 Å². The van der Waals surface area contributed by atoms with Gasteiger partial charge >= 0.3 is 0 Å². The number of carbonyl (C=O) groups excluding carboxylic acids is 1. The summed E-state index contributed by atoms with van der Waals surface area (Å²) in [6, 6.07) is 9.86. The van der Waals surface area contributed by atoms with E-state index in [4.69, 9.17) is 20.4 Å². The Labute approximate surface area is 175 Å². The summed E-state index contributed by atoms with van der Waals surface area (Å²) in [5.41, 5.74) is 8.63. The highest BCUT2D eigenvalue weighted by Gasteiger charge is 2.46. The number of thioether (sulfide) groups is 1. The molecular weight excluding hydrogens is 386 g/mol. The number of anilines is 2. The number of nitrogen functional groups attached to an aromatic ring is 1. The third-order valence-electron chi connectivity index (χ3n) is 5.24. The first-order chi connectivity index (χ1) is 14.1. The number of morpholine rings is 1. The van der Waals surface area contributed by atoms with Crippen molar-refractivity contribution in [2.45, 2.75) is 24.5 Å². The quantitative estimate of drug-likeness (QED) is 0.532. The highest BCUT2D eigenvalue weighted by Crippen LogP contribution is 2.56. The van der Waals surface area contributed by atoms with Crippen molar-refractivity contribution in [3.05, 3.63) is 36.0 Å². The molecule has 0 radical (unpaired) electrons. The summed E-state index contributed by atoms with van der Waals surface area (Å²) in [7, 11) is 0. The smallest absolute Gasteiger partial charge is 0.216 e. The van der Waals surface area contributed by atoms with Crippen LogP contribution in [0.15, 0.2) is 30.3 Å². The fourth-order valence-corrected chi connectivity index (χ4v) is 4.68. The summed E-state index contributed by atoms with van der Waals surface area (Å²) in [6.45, 7) is 5.32. The number of amides is 1. The molecule has 2 heterocycles. The molecule has 2 aromatic rings. The van der Waals surface area contributed by atoms with Gasteiger partial charge in [-0.25, -0.2) is 9.97 Å². The molecule has 0 bridgehead atoms. The summed E-state index contributed by atoms with van der Waals surface area (Å²) in [6.07, 6.45) is 2.19. The van der Waals surface area contributed by atoms with Gasteiger partial charge in [0.15, 0.2) is 5.82 Å². The fourth-order valence-electron chi connectivity index (χ4n) is 3.44. The second kappa shape index (κ2) is 8.59. The second-order valence-corrected chi connectivity index (χ2v) is 8.96. The first-order valence-electron chi connectivity index (χ1n) is 10.0. The lowest BCUT2D eigenvalue weighted by molar-refractivity contribution is -0.118. The van der Waals surface area contributed by atoms with Crippen molar-refractivity contribution in [2.24, 2.45) is 0 Å². The van der Waals surface area contributed by atoms with Gasteiger partial charge in [0, 0.05) is 49.6 Å². The van der Waals surface area contributed by atoms with Gasteiger partial charge in [0.05, 0.1) is 23.7 Å². The van der Waals surface area contributed by atoms with Gasteiger partial charge in [-0.2, -0.15) is 0 Å². The molecule has 1 aromatic carbocycles. The molecule has 0 spiro atoms. The molecule has 1 saturated heterocycles. The van der Waals surface area contributed by atoms with Crippen LogP contribution in [0.3, 0.4) is 0 Å². The Morgan fingerprint density at radius 3 is 2.62 bits per heavy atom. The number of ether oxygens (including phenoxy) is 1. The Kier molecular flexibility index (Phi) is 5.91. The monoisotopic (exact) mass is 413 g/mol. The van der Waals surface area contributed by atoms with Crippen LogP contribution in [0.1, 0.15) is 25.5 Å². The predicted octanol–water partition coefficient (Wildman–Crippen LogP) is 2.42. The van der Waals surface area contributed by atoms with Gasteiger partial charge < -0.3 is 20.7 Å². The van der Waals surface area contributed by atoms with Gasteiger partial charge in [0.2, 0.25) is 5.91 Å². The Morgan fingerprint density at radius 1 is 1.24 bits per heavy atom. The maximum Gasteiger partial charge on any atom is 0.216 e. The molecule has 1 aliphatic carbocycles. The first kappa shape index (κ1) is 20.0. The van der Waals surface area contributed by atoms with Gasteiger partial charge in [-0.3, -0.25) is 4.79 Å². The molecule has 0 atom stereocenters. The van der Waals surface area contributed by atoms with Crippen LogP contribution in [0.4, 0.5) is 11.5 Å². The minimum atomic E-state index is 0.0118. The average Bonchev–Trinajstić information content (AvgIpc) is 3.53.